The van der Waals surface area contributed by atoms with Gasteiger partial charge in [0, 0.05) is 30.8 Å². The molecular weight excluding hydrogens is 647 g/mol. The number of ether oxygens (including phenoxy) is 1. The molecule has 3 amide bonds. The van der Waals surface area contributed by atoms with E-state index in [0.29, 0.717) is 47.5 Å². The number of hydrogen-bond donors (Lipinski definition) is 3. The third kappa shape index (κ3) is 8.76. The molecule has 4 aromatic rings. The number of carbonyl (C=O) groups is 4. The van der Waals surface area contributed by atoms with Crippen LogP contribution >= 0.6 is 0 Å². The van der Waals surface area contributed by atoms with Gasteiger partial charge in [-0.1, -0.05) is 79.7 Å². The van der Waals surface area contributed by atoms with Crippen molar-refractivity contribution in [3.63, 3.8) is 0 Å². The molecule has 11 heteroatoms. The third-order valence-electron chi connectivity index (χ3n) is 8.30. The van der Waals surface area contributed by atoms with Crippen molar-refractivity contribution >= 4 is 29.4 Å². The second-order valence-corrected chi connectivity index (χ2v) is 11.6. The number of esters is 1. The van der Waals surface area contributed by atoms with Gasteiger partial charge in [0.1, 0.15) is 0 Å². The summed E-state index contributed by atoms with van der Waals surface area (Å²) in [7, 11) is 0. The van der Waals surface area contributed by atoms with Gasteiger partial charge in [-0.05, 0) is 72.4 Å². The van der Waals surface area contributed by atoms with E-state index in [4.69, 9.17) is 4.74 Å². The predicted octanol–water partition coefficient (Wildman–Crippen LogP) is 6.87. The van der Waals surface area contributed by atoms with E-state index in [1.54, 1.807) is 86.6 Å². The van der Waals surface area contributed by atoms with Gasteiger partial charge < -0.3 is 20.7 Å². The molecule has 4 aromatic carbocycles. The molecule has 0 aliphatic heterocycles. The molecule has 0 saturated carbocycles. The van der Waals surface area contributed by atoms with Crippen LogP contribution in [0.15, 0.2) is 97.1 Å². The fourth-order valence-electron chi connectivity index (χ4n) is 5.75. The number of anilines is 1. The van der Waals surface area contributed by atoms with Crippen LogP contribution in [0.5, 0.6) is 0 Å². The Bertz CT molecular complexity index is 1790. The topological polar surface area (TPSA) is 114 Å². The Labute approximate surface area is 289 Å². The molecule has 0 aliphatic carbocycles. The highest BCUT2D eigenvalue weighted by atomic mass is 19.4. The summed E-state index contributed by atoms with van der Waals surface area (Å²) in [5.74, 6) is -1.97. The number of carbonyl (C=O) groups excluding carboxylic acids is 4. The fraction of sp³-hybridized carbons (Fsp3) is 0.282. The number of amides is 3. The van der Waals surface area contributed by atoms with E-state index < -0.39 is 40.8 Å². The maximum Gasteiger partial charge on any atom is 0.416 e. The Morgan fingerprint density at radius 2 is 1.34 bits per heavy atom. The number of halogens is 3. The molecule has 0 fully saturated rings. The SMILES string of the molecule is CCNC(=O)C(CCOC(=O)Cc1ccc(NC(=O)c2ccccc2-c2ccc(C(F)(F)F)cc2)c(CC)c1)(C(=O)NCC)c1ccccc1. The van der Waals surface area contributed by atoms with E-state index in [1.165, 1.54) is 12.1 Å². The predicted molar refractivity (Wildman–Crippen MR) is 185 cm³/mol. The van der Waals surface area contributed by atoms with Crippen LogP contribution in [0.25, 0.3) is 11.1 Å². The van der Waals surface area contributed by atoms with Crippen molar-refractivity contribution in [2.75, 3.05) is 25.0 Å². The highest BCUT2D eigenvalue weighted by Crippen LogP contribution is 2.33. The van der Waals surface area contributed by atoms with Crippen molar-refractivity contribution in [3.05, 3.63) is 125 Å². The smallest absolute Gasteiger partial charge is 0.416 e. The van der Waals surface area contributed by atoms with Gasteiger partial charge >= 0.3 is 12.1 Å². The lowest BCUT2D eigenvalue weighted by molar-refractivity contribution is -0.147. The molecule has 0 aromatic heterocycles. The summed E-state index contributed by atoms with van der Waals surface area (Å²) in [5.41, 5.74) is 1.25. The van der Waals surface area contributed by atoms with Gasteiger partial charge in [0.15, 0.2) is 5.41 Å². The van der Waals surface area contributed by atoms with Crippen molar-refractivity contribution in [1.29, 1.82) is 0 Å². The summed E-state index contributed by atoms with van der Waals surface area (Å²) < 4.78 is 44.8. The Morgan fingerprint density at radius 3 is 1.94 bits per heavy atom. The van der Waals surface area contributed by atoms with Crippen molar-refractivity contribution < 1.29 is 37.1 Å². The van der Waals surface area contributed by atoms with Gasteiger partial charge in [-0.15, -0.1) is 0 Å². The summed E-state index contributed by atoms with van der Waals surface area (Å²) in [6, 6.07) is 25.1. The molecule has 0 saturated heterocycles. The van der Waals surface area contributed by atoms with Crippen LogP contribution < -0.4 is 16.0 Å². The molecule has 0 unspecified atom stereocenters. The highest BCUT2D eigenvalue weighted by molar-refractivity contribution is 6.11. The number of alkyl halides is 3. The van der Waals surface area contributed by atoms with Crippen molar-refractivity contribution in [2.45, 2.75) is 51.6 Å². The second kappa shape index (κ2) is 16.8. The standard InChI is InChI=1S/C39H40F3N3O5/c1-4-27-24-26(25-34(46)50-23-22-38(36(48)43-5-2,37(49)44-6-3)29-12-8-7-9-13-29)16-21-33(27)45-35(47)32-15-11-10-14-31(32)28-17-19-30(20-18-28)39(40,41)42/h7-21,24H,4-6,22-23,25H2,1-3H3,(H,43,48)(H,44,49)(H,45,47). The number of likely N-dealkylation sites (N-methyl/N-ethyl adjacent to an activating group) is 2. The van der Waals surface area contributed by atoms with E-state index in [-0.39, 0.29) is 25.0 Å². The molecule has 262 valence electrons. The largest absolute Gasteiger partial charge is 0.465 e. The summed E-state index contributed by atoms with van der Waals surface area (Å²) in [6.45, 7) is 5.86. The van der Waals surface area contributed by atoms with Gasteiger partial charge in [-0.3, -0.25) is 19.2 Å². The van der Waals surface area contributed by atoms with Crippen molar-refractivity contribution in [1.82, 2.24) is 10.6 Å². The van der Waals surface area contributed by atoms with E-state index in [0.717, 1.165) is 17.7 Å². The minimum Gasteiger partial charge on any atom is -0.465 e. The number of benzene rings is 4. The second-order valence-electron chi connectivity index (χ2n) is 11.6. The average Bonchev–Trinajstić information content (AvgIpc) is 3.11. The van der Waals surface area contributed by atoms with Crippen LogP contribution in [0.3, 0.4) is 0 Å². The molecule has 0 heterocycles. The van der Waals surface area contributed by atoms with E-state index >= 15 is 0 Å². The highest BCUT2D eigenvalue weighted by Gasteiger charge is 2.47. The summed E-state index contributed by atoms with van der Waals surface area (Å²) in [5, 5.41) is 8.41. The Morgan fingerprint density at radius 1 is 0.720 bits per heavy atom. The maximum atomic E-state index is 13.4. The van der Waals surface area contributed by atoms with Gasteiger partial charge in [0.2, 0.25) is 11.8 Å². The lowest BCUT2D eigenvalue weighted by atomic mass is 9.75. The molecule has 0 atom stereocenters. The lowest BCUT2D eigenvalue weighted by Gasteiger charge is -2.31. The van der Waals surface area contributed by atoms with Crippen LogP contribution in [0.1, 0.15) is 59.8 Å². The van der Waals surface area contributed by atoms with Crippen LogP contribution in [0.4, 0.5) is 18.9 Å². The number of rotatable bonds is 14. The first-order valence-electron chi connectivity index (χ1n) is 16.4. The molecular formula is C39H40F3N3O5. The van der Waals surface area contributed by atoms with Gasteiger partial charge in [0.05, 0.1) is 18.6 Å². The van der Waals surface area contributed by atoms with Crippen LogP contribution in [-0.4, -0.2) is 43.4 Å². The quantitative estimate of drug-likeness (QED) is 0.0989. The zero-order valence-corrected chi connectivity index (χ0v) is 28.2. The lowest BCUT2D eigenvalue weighted by Crippen LogP contribution is -2.55. The molecule has 0 aliphatic rings. The minimum atomic E-state index is -4.47. The Hall–Kier alpha value is -5.45. The molecule has 50 heavy (non-hydrogen) atoms. The zero-order valence-electron chi connectivity index (χ0n) is 28.2. The zero-order chi connectivity index (χ0) is 36.3. The van der Waals surface area contributed by atoms with Crippen LogP contribution in [0, 0.1) is 0 Å². The van der Waals surface area contributed by atoms with E-state index in [1.807, 2.05) is 6.92 Å². The first kappa shape index (κ1) is 37.4. The summed E-state index contributed by atoms with van der Waals surface area (Å²) in [6.07, 6.45) is -4.10. The first-order valence-corrected chi connectivity index (χ1v) is 16.4. The van der Waals surface area contributed by atoms with Crippen molar-refractivity contribution in [3.8, 4) is 11.1 Å². The Balaban J connectivity index is 1.46. The molecule has 8 nitrogen and oxygen atoms in total. The first-order chi connectivity index (χ1) is 23.9. The van der Waals surface area contributed by atoms with E-state index in [9.17, 15) is 32.3 Å². The summed E-state index contributed by atoms with van der Waals surface area (Å²) >= 11 is 0. The Kier molecular flexibility index (Phi) is 12.5. The average molecular weight is 688 g/mol. The van der Waals surface area contributed by atoms with Gasteiger partial charge in [-0.25, -0.2) is 0 Å². The summed E-state index contributed by atoms with van der Waals surface area (Å²) in [4.78, 5) is 53.1. The molecule has 4 rings (SSSR count). The van der Waals surface area contributed by atoms with Gasteiger partial charge in [-0.2, -0.15) is 13.2 Å². The number of aryl methyl sites for hydroxylation is 1. The van der Waals surface area contributed by atoms with Crippen molar-refractivity contribution in [2.24, 2.45) is 0 Å². The maximum absolute atomic E-state index is 13.4. The molecule has 0 bridgehead atoms. The molecule has 3 N–H and O–H groups in total. The number of hydrogen-bond acceptors (Lipinski definition) is 5. The fourth-order valence-corrected chi connectivity index (χ4v) is 5.75. The normalized spacial score (nSPS) is 11.4. The van der Waals surface area contributed by atoms with E-state index in [2.05, 4.69) is 16.0 Å². The molecule has 0 radical (unpaired) electrons. The van der Waals surface area contributed by atoms with Crippen LogP contribution in [-0.2, 0) is 43.6 Å². The monoisotopic (exact) mass is 687 g/mol. The molecule has 0 spiro atoms. The number of nitrogens with one attached hydrogen (secondary N) is 3. The van der Waals surface area contributed by atoms with Gasteiger partial charge in [0.25, 0.3) is 5.91 Å². The minimum absolute atomic E-state index is 0.0699. The third-order valence-corrected chi connectivity index (χ3v) is 8.30. The van der Waals surface area contributed by atoms with Crippen LogP contribution in [0.2, 0.25) is 0 Å².